The molecule has 2 amide bonds. The number of hydrogen-bond acceptors (Lipinski definition) is 3. The number of halogens is 1. The van der Waals surface area contributed by atoms with E-state index in [1.807, 2.05) is 24.3 Å². The molecular weight excluding hydrogens is 356 g/mol. The lowest BCUT2D eigenvalue weighted by molar-refractivity contribution is -0.146. The quantitative estimate of drug-likeness (QED) is 0.852. The third-order valence-electron chi connectivity index (χ3n) is 5.36. The van der Waals surface area contributed by atoms with E-state index in [2.05, 4.69) is 0 Å². The van der Waals surface area contributed by atoms with Gasteiger partial charge in [0.1, 0.15) is 0 Å². The van der Waals surface area contributed by atoms with Crippen molar-refractivity contribution in [2.45, 2.75) is 25.2 Å². The Labute approximate surface area is 157 Å². The fraction of sp³-hybridized carbons (Fsp3) is 0.526. The molecule has 2 atom stereocenters. The van der Waals surface area contributed by atoms with Gasteiger partial charge in [-0.15, -0.1) is 0 Å². The normalized spacial score (nSPS) is 22.8. The SMILES string of the molecule is CN(CC(=O)N1CCC(C(=O)O)CC1)C(=O)[C@@H]1C[C@H]1c1ccccc1Cl. The minimum Gasteiger partial charge on any atom is -0.481 e. The first-order chi connectivity index (χ1) is 12.4. The smallest absolute Gasteiger partial charge is 0.306 e. The van der Waals surface area contributed by atoms with Crippen molar-refractivity contribution in [3.05, 3.63) is 34.9 Å². The lowest BCUT2D eigenvalue weighted by Gasteiger charge is -2.31. The summed E-state index contributed by atoms with van der Waals surface area (Å²) < 4.78 is 0. The summed E-state index contributed by atoms with van der Waals surface area (Å²) in [4.78, 5) is 39.1. The highest BCUT2D eigenvalue weighted by Crippen LogP contribution is 2.50. The second-order valence-electron chi connectivity index (χ2n) is 7.16. The van der Waals surface area contributed by atoms with Crippen LogP contribution in [0.3, 0.4) is 0 Å². The van der Waals surface area contributed by atoms with E-state index in [1.165, 1.54) is 4.90 Å². The molecule has 2 aliphatic rings. The maximum absolute atomic E-state index is 12.6. The minimum absolute atomic E-state index is 0.0301. The average molecular weight is 379 g/mol. The number of amides is 2. The Kier molecular flexibility index (Phi) is 5.51. The number of carbonyl (C=O) groups is 3. The van der Waals surface area contributed by atoms with Crippen LogP contribution in [0.25, 0.3) is 0 Å². The summed E-state index contributed by atoms with van der Waals surface area (Å²) in [7, 11) is 1.65. The van der Waals surface area contributed by atoms with Crippen LogP contribution in [0.15, 0.2) is 24.3 Å². The Bertz CT molecular complexity index is 715. The van der Waals surface area contributed by atoms with Gasteiger partial charge in [0, 0.05) is 31.1 Å². The standard InChI is InChI=1S/C19H23ClN2O4/c1-21(11-17(23)22-8-6-12(7-9-22)19(25)26)18(24)15-10-14(15)13-4-2-3-5-16(13)20/h2-5,12,14-15H,6-11H2,1H3,(H,25,26)/t14-,15+/m0/s1. The van der Waals surface area contributed by atoms with Crippen LogP contribution in [0.1, 0.15) is 30.7 Å². The number of nitrogens with zero attached hydrogens (tertiary/aromatic N) is 2. The summed E-state index contributed by atoms with van der Waals surface area (Å²) in [5, 5.41) is 9.70. The van der Waals surface area contributed by atoms with E-state index in [0.29, 0.717) is 31.0 Å². The molecule has 140 valence electrons. The third kappa shape index (κ3) is 4.01. The molecule has 1 aromatic carbocycles. The Balaban J connectivity index is 1.50. The van der Waals surface area contributed by atoms with E-state index < -0.39 is 5.97 Å². The van der Waals surface area contributed by atoms with E-state index in [9.17, 15) is 14.4 Å². The maximum atomic E-state index is 12.6. The Morgan fingerprint density at radius 3 is 2.50 bits per heavy atom. The maximum Gasteiger partial charge on any atom is 0.306 e. The summed E-state index contributed by atoms with van der Waals surface area (Å²) in [6.07, 6.45) is 1.69. The van der Waals surface area contributed by atoms with Crippen LogP contribution in [0.4, 0.5) is 0 Å². The minimum atomic E-state index is -0.802. The van der Waals surface area contributed by atoms with Crippen LogP contribution in [0.5, 0.6) is 0 Å². The van der Waals surface area contributed by atoms with Crippen LogP contribution in [0.2, 0.25) is 5.02 Å². The van der Waals surface area contributed by atoms with Crippen LogP contribution < -0.4 is 0 Å². The molecule has 1 saturated heterocycles. The monoisotopic (exact) mass is 378 g/mol. The Morgan fingerprint density at radius 2 is 1.88 bits per heavy atom. The van der Waals surface area contributed by atoms with Crippen molar-refractivity contribution in [1.29, 1.82) is 0 Å². The van der Waals surface area contributed by atoms with Gasteiger partial charge in [-0.25, -0.2) is 0 Å². The summed E-state index contributed by atoms with van der Waals surface area (Å²) in [6, 6.07) is 7.54. The lowest BCUT2D eigenvalue weighted by Crippen LogP contribution is -2.45. The average Bonchev–Trinajstić information content (AvgIpc) is 3.41. The molecule has 0 aromatic heterocycles. The summed E-state index contributed by atoms with van der Waals surface area (Å²) in [5.41, 5.74) is 0.989. The van der Waals surface area contributed by atoms with Crippen LogP contribution in [-0.4, -0.2) is 59.4 Å². The number of hydrogen-bond donors (Lipinski definition) is 1. The highest BCUT2D eigenvalue weighted by atomic mass is 35.5. The van der Waals surface area contributed by atoms with Crippen molar-refractivity contribution in [3.8, 4) is 0 Å². The van der Waals surface area contributed by atoms with Crippen molar-refractivity contribution in [3.63, 3.8) is 0 Å². The first-order valence-electron chi connectivity index (χ1n) is 8.88. The zero-order valence-corrected chi connectivity index (χ0v) is 15.5. The molecule has 1 aliphatic carbocycles. The summed E-state index contributed by atoms with van der Waals surface area (Å²) >= 11 is 6.20. The number of likely N-dealkylation sites (N-methyl/N-ethyl adjacent to an activating group) is 1. The van der Waals surface area contributed by atoms with Crippen LogP contribution in [0, 0.1) is 11.8 Å². The van der Waals surface area contributed by atoms with E-state index in [1.54, 1.807) is 11.9 Å². The Hall–Kier alpha value is -2.08. The van der Waals surface area contributed by atoms with Gasteiger partial charge in [-0.2, -0.15) is 0 Å². The lowest BCUT2D eigenvalue weighted by atomic mass is 9.97. The molecular formula is C19H23ClN2O4. The predicted molar refractivity (Wildman–Crippen MR) is 96.9 cm³/mol. The van der Waals surface area contributed by atoms with Crippen LogP contribution in [-0.2, 0) is 14.4 Å². The van der Waals surface area contributed by atoms with Gasteiger partial charge >= 0.3 is 5.97 Å². The van der Waals surface area contributed by atoms with Gasteiger partial charge in [0.15, 0.2) is 0 Å². The van der Waals surface area contributed by atoms with Gasteiger partial charge in [0.2, 0.25) is 11.8 Å². The highest BCUT2D eigenvalue weighted by Gasteiger charge is 2.46. The highest BCUT2D eigenvalue weighted by molar-refractivity contribution is 6.31. The van der Waals surface area contributed by atoms with Gasteiger partial charge in [-0.3, -0.25) is 14.4 Å². The number of carboxylic acid groups (broad SMARTS) is 1. The number of carboxylic acids is 1. The molecule has 1 N–H and O–H groups in total. The predicted octanol–water partition coefficient (Wildman–Crippen LogP) is 2.23. The molecule has 1 saturated carbocycles. The fourth-order valence-corrected chi connectivity index (χ4v) is 3.90. The third-order valence-corrected chi connectivity index (χ3v) is 5.70. The Morgan fingerprint density at radius 1 is 1.23 bits per heavy atom. The molecule has 0 bridgehead atoms. The van der Waals surface area contributed by atoms with Gasteiger partial charge < -0.3 is 14.9 Å². The largest absolute Gasteiger partial charge is 0.481 e. The second kappa shape index (κ2) is 7.66. The molecule has 0 spiro atoms. The first-order valence-corrected chi connectivity index (χ1v) is 9.26. The summed E-state index contributed by atoms with van der Waals surface area (Å²) in [5.74, 6) is -1.33. The van der Waals surface area contributed by atoms with Crippen molar-refractivity contribution in [2.24, 2.45) is 11.8 Å². The molecule has 1 heterocycles. The summed E-state index contributed by atoms with van der Waals surface area (Å²) in [6.45, 7) is 0.898. The molecule has 0 radical (unpaired) electrons. The zero-order chi connectivity index (χ0) is 18.8. The number of aliphatic carboxylic acids is 1. The molecule has 3 rings (SSSR count). The second-order valence-corrected chi connectivity index (χ2v) is 7.56. The number of rotatable bonds is 5. The van der Waals surface area contributed by atoms with E-state index in [4.69, 9.17) is 16.7 Å². The molecule has 6 nitrogen and oxygen atoms in total. The van der Waals surface area contributed by atoms with E-state index >= 15 is 0 Å². The van der Waals surface area contributed by atoms with Gasteiger partial charge in [0.05, 0.1) is 12.5 Å². The number of carbonyl (C=O) groups excluding carboxylic acids is 2. The molecule has 0 unspecified atom stereocenters. The molecule has 7 heteroatoms. The van der Waals surface area contributed by atoms with Crippen molar-refractivity contribution >= 4 is 29.4 Å². The number of benzene rings is 1. The topological polar surface area (TPSA) is 77.9 Å². The fourth-order valence-electron chi connectivity index (χ4n) is 3.63. The van der Waals surface area contributed by atoms with Crippen molar-refractivity contribution in [1.82, 2.24) is 9.80 Å². The van der Waals surface area contributed by atoms with E-state index in [0.717, 1.165) is 12.0 Å². The molecule has 2 fully saturated rings. The van der Waals surface area contributed by atoms with Crippen molar-refractivity contribution < 1.29 is 19.5 Å². The van der Waals surface area contributed by atoms with Gasteiger partial charge in [-0.05, 0) is 36.8 Å². The molecule has 1 aromatic rings. The first kappa shape index (κ1) is 18.7. The van der Waals surface area contributed by atoms with Gasteiger partial charge in [0.25, 0.3) is 0 Å². The van der Waals surface area contributed by atoms with Gasteiger partial charge in [-0.1, -0.05) is 29.8 Å². The number of piperidine rings is 1. The van der Waals surface area contributed by atoms with Crippen LogP contribution >= 0.6 is 11.6 Å². The van der Waals surface area contributed by atoms with E-state index in [-0.39, 0.29) is 36.1 Å². The number of likely N-dealkylation sites (tertiary alicyclic amines) is 1. The zero-order valence-electron chi connectivity index (χ0n) is 14.7. The molecule has 1 aliphatic heterocycles. The molecule has 26 heavy (non-hydrogen) atoms. The van der Waals surface area contributed by atoms with Crippen molar-refractivity contribution in [2.75, 3.05) is 26.7 Å².